The maximum Gasteiger partial charge on any atom is 0.240 e. The molecule has 0 aliphatic rings. The van der Waals surface area contributed by atoms with Gasteiger partial charge in [0, 0.05) is 25.1 Å². The average Bonchev–Trinajstić information content (AvgIpc) is 2.61. The molecule has 0 atom stereocenters. The molecular weight excluding hydrogens is 364 g/mol. The van der Waals surface area contributed by atoms with Crippen LogP contribution >= 0.6 is 0 Å². The Bertz CT molecular complexity index is 952. The lowest BCUT2D eigenvalue weighted by molar-refractivity contribution is -0.121. The lowest BCUT2D eigenvalue weighted by Crippen LogP contribution is -2.30. The van der Waals surface area contributed by atoms with Crippen LogP contribution in [0.1, 0.15) is 40.4 Å². The largest absolute Gasteiger partial charge is 0.352 e. The van der Waals surface area contributed by atoms with E-state index in [2.05, 4.69) is 10.0 Å². The molecule has 0 aliphatic heterocycles. The number of carbonyl (C=O) groups is 2. The van der Waals surface area contributed by atoms with Crippen molar-refractivity contribution in [3.8, 4) is 0 Å². The van der Waals surface area contributed by atoms with E-state index in [-0.39, 0.29) is 29.6 Å². The molecule has 0 aromatic heterocycles. The highest BCUT2D eigenvalue weighted by atomic mass is 32.2. The van der Waals surface area contributed by atoms with E-state index in [9.17, 15) is 18.0 Å². The predicted molar refractivity (Wildman–Crippen MR) is 104 cm³/mol. The van der Waals surface area contributed by atoms with E-state index in [4.69, 9.17) is 0 Å². The third kappa shape index (κ3) is 6.01. The van der Waals surface area contributed by atoms with Gasteiger partial charge >= 0.3 is 0 Å². The van der Waals surface area contributed by atoms with Crippen molar-refractivity contribution >= 4 is 21.7 Å². The molecule has 7 heteroatoms. The maximum atomic E-state index is 12.3. The zero-order chi connectivity index (χ0) is 20.0. The van der Waals surface area contributed by atoms with Gasteiger partial charge < -0.3 is 5.32 Å². The highest BCUT2D eigenvalue weighted by Gasteiger charge is 2.15. The molecule has 27 heavy (non-hydrogen) atoms. The Morgan fingerprint density at radius 3 is 2.44 bits per heavy atom. The van der Waals surface area contributed by atoms with Crippen LogP contribution in [0.25, 0.3) is 0 Å². The molecular formula is C20H24N2O4S. The number of ketones is 1. The Morgan fingerprint density at radius 2 is 1.78 bits per heavy atom. The van der Waals surface area contributed by atoms with E-state index in [1.807, 2.05) is 32.0 Å². The summed E-state index contributed by atoms with van der Waals surface area (Å²) in [5.74, 6) is -0.451. The number of sulfonamides is 1. The molecule has 6 nitrogen and oxygen atoms in total. The van der Waals surface area contributed by atoms with Crippen molar-refractivity contribution in [2.24, 2.45) is 0 Å². The Kier molecular flexibility index (Phi) is 6.87. The van der Waals surface area contributed by atoms with Gasteiger partial charge in [-0.05, 0) is 44.0 Å². The number of rotatable bonds is 8. The third-order valence-corrected chi connectivity index (χ3v) is 5.63. The van der Waals surface area contributed by atoms with Crippen molar-refractivity contribution in [2.75, 3.05) is 6.54 Å². The molecule has 0 heterocycles. The van der Waals surface area contributed by atoms with Crippen molar-refractivity contribution in [1.29, 1.82) is 0 Å². The van der Waals surface area contributed by atoms with Gasteiger partial charge in [-0.25, -0.2) is 13.1 Å². The topological polar surface area (TPSA) is 92.3 Å². The fraction of sp³-hybridized carbons (Fsp3) is 0.300. The van der Waals surface area contributed by atoms with E-state index >= 15 is 0 Å². The van der Waals surface area contributed by atoms with Crippen molar-refractivity contribution in [1.82, 2.24) is 10.0 Å². The molecule has 0 unspecified atom stereocenters. The normalized spacial score (nSPS) is 11.2. The number of hydrogen-bond donors (Lipinski definition) is 2. The van der Waals surface area contributed by atoms with Crippen LogP contribution in [0, 0.1) is 13.8 Å². The number of amides is 1. The molecule has 0 spiro atoms. The Morgan fingerprint density at radius 1 is 1.04 bits per heavy atom. The van der Waals surface area contributed by atoms with Crippen LogP contribution in [0.15, 0.2) is 47.4 Å². The van der Waals surface area contributed by atoms with Crippen molar-refractivity contribution in [2.45, 2.75) is 38.6 Å². The van der Waals surface area contributed by atoms with Gasteiger partial charge in [0.15, 0.2) is 5.78 Å². The molecule has 0 saturated carbocycles. The van der Waals surface area contributed by atoms with Crippen LogP contribution in [0.4, 0.5) is 0 Å². The molecule has 0 saturated heterocycles. The highest BCUT2D eigenvalue weighted by Crippen LogP contribution is 2.12. The molecule has 0 radical (unpaired) electrons. The lowest BCUT2D eigenvalue weighted by Gasteiger charge is -2.10. The van der Waals surface area contributed by atoms with Crippen LogP contribution in [-0.4, -0.2) is 26.7 Å². The summed E-state index contributed by atoms with van der Waals surface area (Å²) in [6.45, 7) is 5.74. The summed E-state index contributed by atoms with van der Waals surface area (Å²) < 4.78 is 27.0. The predicted octanol–water partition coefficient (Wildman–Crippen LogP) is 2.49. The number of aryl methyl sites for hydroxylation is 2. The Hall–Kier alpha value is -2.51. The fourth-order valence-electron chi connectivity index (χ4n) is 2.59. The molecule has 0 fully saturated rings. The second kappa shape index (κ2) is 8.92. The van der Waals surface area contributed by atoms with E-state index in [0.717, 1.165) is 16.7 Å². The lowest BCUT2D eigenvalue weighted by atomic mass is 10.1. The van der Waals surface area contributed by atoms with E-state index in [1.54, 1.807) is 6.07 Å². The molecule has 1 amide bonds. The van der Waals surface area contributed by atoms with Crippen molar-refractivity contribution in [3.05, 3.63) is 64.7 Å². The van der Waals surface area contributed by atoms with Gasteiger partial charge in [0.1, 0.15) is 0 Å². The first kappa shape index (κ1) is 20.8. The summed E-state index contributed by atoms with van der Waals surface area (Å²) in [7, 11) is -3.77. The summed E-state index contributed by atoms with van der Waals surface area (Å²) in [6, 6.07) is 11.8. The maximum absolute atomic E-state index is 12.3. The molecule has 0 bridgehead atoms. The van der Waals surface area contributed by atoms with Gasteiger partial charge in [0.05, 0.1) is 4.90 Å². The van der Waals surface area contributed by atoms with Crippen LogP contribution in [0.5, 0.6) is 0 Å². The molecule has 2 aromatic rings. The number of nitrogens with one attached hydrogen (secondary N) is 2. The van der Waals surface area contributed by atoms with Crippen LogP contribution < -0.4 is 10.0 Å². The molecule has 0 aliphatic carbocycles. The summed E-state index contributed by atoms with van der Waals surface area (Å²) in [5.41, 5.74) is 3.60. The third-order valence-electron chi connectivity index (χ3n) is 4.17. The quantitative estimate of drug-likeness (QED) is 0.680. The SMILES string of the molecule is CC(=O)c1cccc(S(=O)(=O)NCCC(=O)NCc2ccc(C)cc2C)c1. The van der Waals surface area contributed by atoms with Gasteiger partial charge in [-0.2, -0.15) is 0 Å². The van der Waals surface area contributed by atoms with Gasteiger partial charge in [-0.1, -0.05) is 35.9 Å². The minimum absolute atomic E-state index is 0.00545. The van der Waals surface area contributed by atoms with Gasteiger partial charge in [-0.3, -0.25) is 9.59 Å². The van der Waals surface area contributed by atoms with Crippen LogP contribution in [0.2, 0.25) is 0 Å². The first-order valence-electron chi connectivity index (χ1n) is 8.62. The van der Waals surface area contributed by atoms with E-state index in [1.165, 1.54) is 25.1 Å². The standard InChI is InChI=1S/C20H24N2O4S/c1-14-7-8-18(15(2)11-14)13-21-20(24)9-10-22-27(25,26)19-6-4-5-17(12-19)16(3)23/h4-8,11-12,22H,9-10,13H2,1-3H3,(H,21,24). The van der Waals surface area contributed by atoms with Crippen LogP contribution in [0.3, 0.4) is 0 Å². The van der Waals surface area contributed by atoms with Gasteiger partial charge in [0.25, 0.3) is 0 Å². The minimum Gasteiger partial charge on any atom is -0.352 e. The Labute approximate surface area is 160 Å². The second-order valence-electron chi connectivity index (χ2n) is 6.44. The zero-order valence-corrected chi connectivity index (χ0v) is 16.5. The summed E-state index contributed by atoms with van der Waals surface area (Å²) in [6.07, 6.45) is 0.0243. The average molecular weight is 388 g/mol. The zero-order valence-electron chi connectivity index (χ0n) is 15.7. The first-order valence-corrected chi connectivity index (χ1v) is 10.1. The smallest absolute Gasteiger partial charge is 0.240 e. The number of hydrogen-bond acceptors (Lipinski definition) is 4. The van der Waals surface area contributed by atoms with Crippen LogP contribution in [-0.2, 0) is 21.4 Å². The fourth-order valence-corrected chi connectivity index (χ4v) is 3.67. The van der Waals surface area contributed by atoms with Gasteiger partial charge in [0.2, 0.25) is 15.9 Å². The molecule has 2 N–H and O–H groups in total. The minimum atomic E-state index is -3.77. The number of carbonyl (C=O) groups excluding carboxylic acids is 2. The van der Waals surface area contributed by atoms with Gasteiger partial charge in [-0.15, -0.1) is 0 Å². The highest BCUT2D eigenvalue weighted by molar-refractivity contribution is 7.89. The number of Topliss-reactive ketones (excluding diaryl/α,β-unsaturated/α-hetero) is 1. The first-order chi connectivity index (χ1) is 12.7. The summed E-state index contributed by atoms with van der Waals surface area (Å²) >= 11 is 0. The Balaban J connectivity index is 1.86. The second-order valence-corrected chi connectivity index (χ2v) is 8.21. The molecule has 144 valence electrons. The molecule has 2 rings (SSSR count). The number of benzene rings is 2. The van der Waals surface area contributed by atoms with E-state index < -0.39 is 10.0 Å². The summed E-state index contributed by atoms with van der Waals surface area (Å²) in [5, 5.41) is 2.79. The van der Waals surface area contributed by atoms with Crippen molar-refractivity contribution < 1.29 is 18.0 Å². The van der Waals surface area contributed by atoms with E-state index in [0.29, 0.717) is 12.1 Å². The summed E-state index contributed by atoms with van der Waals surface area (Å²) in [4.78, 5) is 23.4. The van der Waals surface area contributed by atoms with Crippen molar-refractivity contribution in [3.63, 3.8) is 0 Å². The molecule has 2 aromatic carbocycles. The monoisotopic (exact) mass is 388 g/mol.